The van der Waals surface area contributed by atoms with Gasteiger partial charge in [-0.25, -0.2) is 8.42 Å². The van der Waals surface area contributed by atoms with Crippen LogP contribution in [0, 0.1) is 0 Å². The third kappa shape index (κ3) is 3.45. The fourth-order valence-electron chi connectivity index (χ4n) is 1.53. The summed E-state index contributed by atoms with van der Waals surface area (Å²) in [5.41, 5.74) is 0.272. The Morgan fingerprint density at radius 2 is 1.80 bits per heavy atom. The highest BCUT2D eigenvalue weighted by Crippen LogP contribution is 2.29. The average Bonchev–Trinajstić information content (AvgIpc) is 2.41. The van der Waals surface area contributed by atoms with Crippen LogP contribution in [-0.4, -0.2) is 15.5 Å². The van der Waals surface area contributed by atoms with Crippen molar-refractivity contribution >= 4 is 43.2 Å². The SMILES string of the molecule is COc1ccc(Cl)c(NS(=O)(=O)c2ccc(Br)cc2)c1. The first-order chi connectivity index (χ1) is 9.42. The largest absolute Gasteiger partial charge is 0.497 e. The molecule has 7 heteroatoms. The van der Waals surface area contributed by atoms with E-state index in [2.05, 4.69) is 20.7 Å². The quantitative estimate of drug-likeness (QED) is 0.880. The number of rotatable bonds is 4. The molecule has 0 aliphatic heterocycles. The number of ether oxygens (including phenoxy) is 1. The van der Waals surface area contributed by atoms with Crippen LogP contribution in [0.3, 0.4) is 0 Å². The molecule has 0 heterocycles. The third-order valence-corrected chi connectivity index (χ3v) is 4.78. The summed E-state index contributed by atoms with van der Waals surface area (Å²) in [5.74, 6) is 0.517. The van der Waals surface area contributed by atoms with E-state index < -0.39 is 10.0 Å². The van der Waals surface area contributed by atoms with Crippen molar-refractivity contribution in [1.82, 2.24) is 0 Å². The van der Waals surface area contributed by atoms with E-state index in [4.69, 9.17) is 16.3 Å². The monoisotopic (exact) mass is 375 g/mol. The van der Waals surface area contributed by atoms with Crippen molar-refractivity contribution in [2.24, 2.45) is 0 Å². The van der Waals surface area contributed by atoms with E-state index in [0.717, 1.165) is 4.47 Å². The molecular formula is C13H11BrClNO3S. The Labute approximate surface area is 130 Å². The van der Waals surface area contributed by atoms with Gasteiger partial charge >= 0.3 is 0 Å². The van der Waals surface area contributed by atoms with Crippen LogP contribution >= 0.6 is 27.5 Å². The van der Waals surface area contributed by atoms with Gasteiger partial charge < -0.3 is 4.74 Å². The predicted molar refractivity (Wildman–Crippen MR) is 83.0 cm³/mol. The van der Waals surface area contributed by atoms with Gasteiger partial charge in [0.15, 0.2) is 0 Å². The maximum Gasteiger partial charge on any atom is 0.261 e. The van der Waals surface area contributed by atoms with Crippen LogP contribution in [0.2, 0.25) is 5.02 Å². The summed E-state index contributed by atoms with van der Waals surface area (Å²) in [5, 5.41) is 0.298. The van der Waals surface area contributed by atoms with Crippen LogP contribution in [0.15, 0.2) is 51.8 Å². The maximum absolute atomic E-state index is 12.2. The van der Waals surface area contributed by atoms with Gasteiger partial charge in [-0.3, -0.25) is 4.72 Å². The van der Waals surface area contributed by atoms with Crippen molar-refractivity contribution in [3.63, 3.8) is 0 Å². The van der Waals surface area contributed by atoms with E-state index in [0.29, 0.717) is 10.8 Å². The molecule has 20 heavy (non-hydrogen) atoms. The molecule has 2 aromatic carbocycles. The van der Waals surface area contributed by atoms with Crippen molar-refractivity contribution in [2.75, 3.05) is 11.8 Å². The van der Waals surface area contributed by atoms with Gasteiger partial charge in [0.25, 0.3) is 10.0 Å². The van der Waals surface area contributed by atoms with Crippen LogP contribution in [0.4, 0.5) is 5.69 Å². The van der Waals surface area contributed by atoms with Crippen LogP contribution in [-0.2, 0) is 10.0 Å². The van der Waals surface area contributed by atoms with E-state index >= 15 is 0 Å². The zero-order chi connectivity index (χ0) is 14.8. The van der Waals surface area contributed by atoms with Crippen molar-refractivity contribution < 1.29 is 13.2 Å². The molecule has 0 radical (unpaired) electrons. The first kappa shape index (κ1) is 15.2. The number of methoxy groups -OCH3 is 1. The minimum absolute atomic E-state index is 0.152. The molecule has 0 aliphatic carbocycles. The fraction of sp³-hybridized carbons (Fsp3) is 0.0769. The predicted octanol–water partition coefficient (Wildman–Crippen LogP) is 3.91. The van der Waals surface area contributed by atoms with Gasteiger partial charge in [-0.15, -0.1) is 0 Å². The highest BCUT2D eigenvalue weighted by atomic mass is 79.9. The Kier molecular flexibility index (Phi) is 4.57. The van der Waals surface area contributed by atoms with Crippen molar-refractivity contribution in [3.05, 3.63) is 52.0 Å². The summed E-state index contributed by atoms with van der Waals surface area (Å²) in [6.45, 7) is 0. The number of sulfonamides is 1. The first-order valence-electron chi connectivity index (χ1n) is 5.54. The summed E-state index contributed by atoms with van der Waals surface area (Å²) in [4.78, 5) is 0.152. The highest BCUT2D eigenvalue weighted by Gasteiger charge is 2.16. The number of halogens is 2. The summed E-state index contributed by atoms with van der Waals surface area (Å²) >= 11 is 9.24. The lowest BCUT2D eigenvalue weighted by Crippen LogP contribution is -2.13. The molecule has 0 saturated heterocycles. The molecule has 0 unspecified atom stereocenters. The second kappa shape index (κ2) is 6.03. The third-order valence-electron chi connectivity index (χ3n) is 2.54. The molecular weight excluding hydrogens is 366 g/mol. The van der Waals surface area contributed by atoms with E-state index in [-0.39, 0.29) is 10.6 Å². The zero-order valence-corrected chi connectivity index (χ0v) is 13.6. The number of hydrogen-bond donors (Lipinski definition) is 1. The van der Waals surface area contributed by atoms with E-state index in [1.807, 2.05) is 0 Å². The molecule has 0 spiro atoms. The Morgan fingerprint density at radius 1 is 1.15 bits per heavy atom. The lowest BCUT2D eigenvalue weighted by Gasteiger charge is -2.11. The van der Waals surface area contributed by atoms with Gasteiger partial charge in [-0.1, -0.05) is 27.5 Å². The van der Waals surface area contributed by atoms with E-state index in [1.165, 1.54) is 25.3 Å². The molecule has 0 aliphatic rings. The van der Waals surface area contributed by atoms with Crippen molar-refractivity contribution in [3.8, 4) is 5.75 Å². The van der Waals surface area contributed by atoms with Gasteiger partial charge in [0, 0.05) is 10.5 Å². The summed E-state index contributed by atoms with van der Waals surface area (Å²) in [7, 11) is -2.19. The number of hydrogen-bond acceptors (Lipinski definition) is 3. The standard InChI is InChI=1S/C13H11BrClNO3S/c1-19-10-4-7-12(15)13(8-10)16-20(17,18)11-5-2-9(14)3-6-11/h2-8,16H,1H3. The molecule has 0 bridgehead atoms. The minimum atomic E-state index is -3.69. The normalized spacial score (nSPS) is 11.2. The highest BCUT2D eigenvalue weighted by molar-refractivity contribution is 9.10. The molecule has 0 fully saturated rings. The Hall–Kier alpha value is -1.24. The Morgan fingerprint density at radius 3 is 2.40 bits per heavy atom. The van der Waals surface area contributed by atoms with Gasteiger partial charge in [0.1, 0.15) is 5.75 Å². The second-order valence-corrected chi connectivity index (χ2v) is 6.91. The lowest BCUT2D eigenvalue weighted by molar-refractivity contribution is 0.415. The molecule has 106 valence electrons. The molecule has 0 amide bonds. The van der Waals surface area contributed by atoms with Gasteiger partial charge in [-0.2, -0.15) is 0 Å². The van der Waals surface area contributed by atoms with Crippen molar-refractivity contribution in [2.45, 2.75) is 4.90 Å². The Balaban J connectivity index is 2.35. The van der Waals surface area contributed by atoms with Crippen LogP contribution in [0.5, 0.6) is 5.75 Å². The summed E-state index contributed by atoms with van der Waals surface area (Å²) < 4.78 is 32.8. The molecule has 0 atom stereocenters. The second-order valence-electron chi connectivity index (χ2n) is 3.91. The smallest absolute Gasteiger partial charge is 0.261 e. The van der Waals surface area contributed by atoms with E-state index in [9.17, 15) is 8.42 Å². The topological polar surface area (TPSA) is 55.4 Å². The van der Waals surface area contributed by atoms with Crippen molar-refractivity contribution in [1.29, 1.82) is 0 Å². The zero-order valence-electron chi connectivity index (χ0n) is 10.4. The molecule has 0 aromatic heterocycles. The number of nitrogens with one attached hydrogen (secondary N) is 1. The first-order valence-corrected chi connectivity index (χ1v) is 8.20. The average molecular weight is 377 g/mol. The minimum Gasteiger partial charge on any atom is -0.497 e. The maximum atomic E-state index is 12.2. The number of benzene rings is 2. The van der Waals surface area contributed by atoms with Gasteiger partial charge in [-0.05, 0) is 36.4 Å². The van der Waals surface area contributed by atoms with Gasteiger partial charge in [0.05, 0.1) is 22.7 Å². The van der Waals surface area contributed by atoms with Crippen LogP contribution in [0.1, 0.15) is 0 Å². The Bertz CT molecular complexity index is 717. The van der Waals surface area contributed by atoms with Crippen LogP contribution < -0.4 is 9.46 Å². The molecule has 0 saturated carbocycles. The van der Waals surface area contributed by atoms with Gasteiger partial charge in [0.2, 0.25) is 0 Å². The molecule has 2 rings (SSSR count). The fourth-order valence-corrected chi connectivity index (χ4v) is 3.08. The summed E-state index contributed by atoms with van der Waals surface area (Å²) in [6, 6.07) is 11.1. The molecule has 4 nitrogen and oxygen atoms in total. The molecule has 1 N–H and O–H groups in total. The lowest BCUT2D eigenvalue weighted by atomic mass is 10.3. The van der Waals surface area contributed by atoms with Crippen LogP contribution in [0.25, 0.3) is 0 Å². The number of anilines is 1. The van der Waals surface area contributed by atoms with E-state index in [1.54, 1.807) is 24.3 Å². The molecule has 2 aromatic rings. The summed E-state index contributed by atoms with van der Waals surface area (Å²) in [6.07, 6.45) is 0.